The molecule has 1 aliphatic carbocycles. The molecule has 144 valence electrons. The fraction of sp³-hybridized carbons (Fsp3) is 0.412. The van der Waals surface area contributed by atoms with Gasteiger partial charge in [0.25, 0.3) is 0 Å². The number of nitrogens with one attached hydrogen (secondary N) is 3. The van der Waals surface area contributed by atoms with Crippen LogP contribution in [-0.4, -0.2) is 37.7 Å². The summed E-state index contributed by atoms with van der Waals surface area (Å²) in [6.07, 6.45) is 6.53. The molecule has 1 amide bonds. The van der Waals surface area contributed by atoms with E-state index in [2.05, 4.69) is 37.6 Å². The summed E-state index contributed by atoms with van der Waals surface area (Å²) >= 11 is 12.2. The molecule has 0 radical (unpaired) electrons. The van der Waals surface area contributed by atoms with Crippen molar-refractivity contribution in [3.8, 4) is 0 Å². The van der Waals surface area contributed by atoms with Gasteiger partial charge in [0.15, 0.2) is 11.6 Å². The maximum atomic E-state index is 11.5. The minimum Gasteiger partial charge on any atom is -0.366 e. The fourth-order valence-electron chi connectivity index (χ4n) is 3.05. The van der Waals surface area contributed by atoms with Crippen LogP contribution in [-0.2, 0) is 11.8 Å². The Kier molecular flexibility index (Phi) is 6.18. The molecule has 2 aromatic heterocycles. The van der Waals surface area contributed by atoms with Crippen molar-refractivity contribution in [3.05, 3.63) is 35.1 Å². The van der Waals surface area contributed by atoms with E-state index in [4.69, 9.17) is 23.2 Å². The number of carbonyl (C=O) groups is 1. The van der Waals surface area contributed by atoms with E-state index in [1.165, 1.54) is 12.3 Å². The summed E-state index contributed by atoms with van der Waals surface area (Å²) in [5.74, 6) is 1.29. The van der Waals surface area contributed by atoms with E-state index in [1.807, 2.05) is 0 Å². The maximum absolute atomic E-state index is 11.5. The van der Waals surface area contributed by atoms with E-state index in [0.29, 0.717) is 27.8 Å². The second-order valence-corrected chi connectivity index (χ2v) is 7.20. The SMILES string of the molecule is C=CC(=O)NC1CCCC(Nc2nc(Nc3cc(Cl)n(C)n3)ncc2Cl)C1. The van der Waals surface area contributed by atoms with E-state index in [1.54, 1.807) is 17.8 Å². The average Bonchev–Trinajstić information content (AvgIpc) is 2.95. The normalized spacial score (nSPS) is 19.4. The van der Waals surface area contributed by atoms with E-state index in [9.17, 15) is 4.79 Å². The number of carbonyl (C=O) groups excluding carboxylic acids is 1. The third kappa shape index (κ3) is 5.11. The van der Waals surface area contributed by atoms with Crippen LogP contribution in [0.3, 0.4) is 0 Å². The maximum Gasteiger partial charge on any atom is 0.243 e. The van der Waals surface area contributed by atoms with Gasteiger partial charge in [0.1, 0.15) is 10.2 Å². The minimum absolute atomic E-state index is 0.107. The molecule has 2 unspecified atom stereocenters. The Bertz CT molecular complexity index is 819. The van der Waals surface area contributed by atoms with Gasteiger partial charge >= 0.3 is 0 Å². The second-order valence-electron chi connectivity index (χ2n) is 6.41. The van der Waals surface area contributed by atoms with Crippen LogP contribution in [0.1, 0.15) is 25.7 Å². The molecule has 10 heteroatoms. The second kappa shape index (κ2) is 8.58. The predicted octanol–water partition coefficient (Wildman–Crippen LogP) is 3.29. The molecule has 2 aromatic rings. The van der Waals surface area contributed by atoms with Crippen LogP contribution in [0.5, 0.6) is 0 Å². The van der Waals surface area contributed by atoms with Gasteiger partial charge in [0.05, 0.1) is 6.20 Å². The summed E-state index contributed by atoms with van der Waals surface area (Å²) in [4.78, 5) is 20.1. The van der Waals surface area contributed by atoms with Gasteiger partial charge in [-0.15, -0.1) is 0 Å². The average molecular weight is 410 g/mol. The molecule has 3 rings (SSSR count). The fourth-order valence-corrected chi connectivity index (χ4v) is 3.34. The molecule has 3 N–H and O–H groups in total. The van der Waals surface area contributed by atoms with Gasteiger partial charge in [-0.1, -0.05) is 29.8 Å². The summed E-state index contributed by atoms with van der Waals surface area (Å²) in [7, 11) is 1.74. The van der Waals surface area contributed by atoms with Gasteiger partial charge in [0.2, 0.25) is 11.9 Å². The standard InChI is InChI=1S/C17H21Cl2N7O/c1-3-15(27)21-10-5-4-6-11(7-10)22-16-12(18)9-20-17(24-16)23-14-8-13(19)26(2)25-14/h3,8-11H,1,4-7H2,2H3,(H,21,27)(H2,20,22,23,24,25). The summed E-state index contributed by atoms with van der Waals surface area (Å²) in [5, 5.41) is 14.5. The Balaban J connectivity index is 1.67. The minimum atomic E-state index is -0.152. The third-order valence-corrected chi connectivity index (χ3v) is 4.98. The van der Waals surface area contributed by atoms with Gasteiger partial charge in [-0.3, -0.25) is 9.48 Å². The van der Waals surface area contributed by atoms with Crippen molar-refractivity contribution < 1.29 is 4.79 Å². The number of rotatable bonds is 6. The first-order valence-electron chi connectivity index (χ1n) is 8.63. The quantitative estimate of drug-likeness (QED) is 0.633. The van der Waals surface area contributed by atoms with Crippen LogP contribution in [0.4, 0.5) is 17.6 Å². The first-order valence-corrected chi connectivity index (χ1v) is 9.38. The Labute approximate surface area is 167 Å². The number of amides is 1. The molecule has 0 spiro atoms. The highest BCUT2D eigenvalue weighted by atomic mass is 35.5. The van der Waals surface area contributed by atoms with Crippen LogP contribution in [0.2, 0.25) is 10.2 Å². The van der Waals surface area contributed by atoms with Crippen molar-refractivity contribution in [1.82, 2.24) is 25.1 Å². The Hall–Kier alpha value is -2.32. The molecule has 0 aliphatic heterocycles. The Morgan fingerprint density at radius 2 is 2.15 bits per heavy atom. The number of nitrogens with zero attached hydrogens (tertiary/aromatic N) is 4. The van der Waals surface area contributed by atoms with Crippen LogP contribution in [0.25, 0.3) is 0 Å². The summed E-state index contributed by atoms with van der Waals surface area (Å²) < 4.78 is 1.54. The summed E-state index contributed by atoms with van der Waals surface area (Å²) in [5.41, 5.74) is 0. The zero-order valence-corrected chi connectivity index (χ0v) is 16.4. The van der Waals surface area contributed by atoms with E-state index in [0.717, 1.165) is 25.7 Å². The van der Waals surface area contributed by atoms with Crippen LogP contribution in [0, 0.1) is 0 Å². The van der Waals surface area contributed by atoms with Crippen molar-refractivity contribution in [2.75, 3.05) is 10.6 Å². The smallest absolute Gasteiger partial charge is 0.243 e. The lowest BCUT2D eigenvalue weighted by Gasteiger charge is -2.30. The molecular weight excluding hydrogens is 389 g/mol. The lowest BCUT2D eigenvalue weighted by molar-refractivity contribution is -0.117. The molecular formula is C17H21Cl2N7O. The van der Waals surface area contributed by atoms with Crippen molar-refractivity contribution in [2.45, 2.75) is 37.8 Å². The number of aromatic nitrogens is 4. The highest BCUT2D eigenvalue weighted by molar-refractivity contribution is 6.32. The summed E-state index contributed by atoms with van der Waals surface area (Å²) in [6, 6.07) is 1.94. The monoisotopic (exact) mass is 409 g/mol. The molecule has 0 aromatic carbocycles. The highest BCUT2D eigenvalue weighted by Crippen LogP contribution is 2.26. The van der Waals surface area contributed by atoms with Crippen molar-refractivity contribution >= 4 is 46.7 Å². The lowest BCUT2D eigenvalue weighted by Crippen LogP contribution is -2.41. The zero-order chi connectivity index (χ0) is 19.4. The van der Waals surface area contributed by atoms with Crippen molar-refractivity contribution in [1.29, 1.82) is 0 Å². The van der Waals surface area contributed by atoms with E-state index in [-0.39, 0.29) is 18.0 Å². The van der Waals surface area contributed by atoms with Gasteiger partial charge < -0.3 is 16.0 Å². The molecule has 2 atom stereocenters. The molecule has 1 aliphatic rings. The molecule has 0 saturated heterocycles. The number of halogens is 2. The Morgan fingerprint density at radius 3 is 2.85 bits per heavy atom. The number of hydrogen-bond donors (Lipinski definition) is 3. The van der Waals surface area contributed by atoms with Gasteiger partial charge in [0, 0.05) is 25.2 Å². The topological polar surface area (TPSA) is 96.8 Å². The van der Waals surface area contributed by atoms with Gasteiger partial charge in [-0.25, -0.2) is 4.98 Å². The van der Waals surface area contributed by atoms with Crippen molar-refractivity contribution in [3.63, 3.8) is 0 Å². The number of hydrogen-bond acceptors (Lipinski definition) is 6. The highest BCUT2D eigenvalue weighted by Gasteiger charge is 2.23. The molecule has 27 heavy (non-hydrogen) atoms. The number of anilines is 3. The first kappa shape index (κ1) is 19.4. The molecule has 0 bridgehead atoms. The molecule has 2 heterocycles. The number of aryl methyl sites for hydroxylation is 1. The Morgan fingerprint density at radius 1 is 1.37 bits per heavy atom. The third-order valence-electron chi connectivity index (χ3n) is 4.35. The summed E-state index contributed by atoms with van der Waals surface area (Å²) in [6.45, 7) is 3.49. The van der Waals surface area contributed by atoms with Crippen LogP contribution >= 0.6 is 23.2 Å². The predicted molar refractivity (Wildman–Crippen MR) is 107 cm³/mol. The van der Waals surface area contributed by atoms with Crippen molar-refractivity contribution in [2.24, 2.45) is 7.05 Å². The van der Waals surface area contributed by atoms with Gasteiger partial charge in [-0.05, 0) is 31.8 Å². The first-order chi connectivity index (χ1) is 12.9. The van der Waals surface area contributed by atoms with Crippen LogP contribution in [0.15, 0.2) is 24.9 Å². The zero-order valence-electron chi connectivity index (χ0n) is 14.9. The van der Waals surface area contributed by atoms with Crippen LogP contribution < -0.4 is 16.0 Å². The van der Waals surface area contributed by atoms with Gasteiger partial charge in [-0.2, -0.15) is 10.1 Å². The molecule has 1 saturated carbocycles. The van der Waals surface area contributed by atoms with E-state index >= 15 is 0 Å². The van der Waals surface area contributed by atoms with E-state index < -0.39 is 0 Å². The largest absolute Gasteiger partial charge is 0.366 e. The molecule has 8 nitrogen and oxygen atoms in total. The lowest BCUT2D eigenvalue weighted by atomic mass is 9.91. The molecule has 1 fully saturated rings.